The molecule has 2 rings (SSSR count). The third kappa shape index (κ3) is 5.70. The van der Waals surface area contributed by atoms with Crippen molar-refractivity contribution in [1.82, 2.24) is 10.2 Å². The number of piperidine rings is 1. The molecule has 1 heterocycles. The Hall–Kier alpha value is -0.280. The van der Waals surface area contributed by atoms with Crippen molar-refractivity contribution < 1.29 is 0 Å². The summed E-state index contributed by atoms with van der Waals surface area (Å²) < 4.78 is 0. The SMILES string of the molecule is CCNCC1CCN(Cc2cccc(Cl)c2)CC1.Cl. The van der Waals surface area contributed by atoms with Crippen LogP contribution < -0.4 is 5.32 Å². The lowest BCUT2D eigenvalue weighted by Gasteiger charge is -2.32. The van der Waals surface area contributed by atoms with Gasteiger partial charge < -0.3 is 5.32 Å². The fourth-order valence-electron chi connectivity index (χ4n) is 2.59. The number of benzene rings is 1. The summed E-state index contributed by atoms with van der Waals surface area (Å²) in [6, 6.07) is 8.21. The quantitative estimate of drug-likeness (QED) is 0.894. The van der Waals surface area contributed by atoms with Crippen LogP contribution in [-0.4, -0.2) is 31.1 Å². The number of halogens is 2. The molecule has 0 amide bonds. The second-order valence-corrected chi connectivity index (χ2v) is 5.59. The number of hydrogen-bond donors (Lipinski definition) is 1. The first-order valence-electron chi connectivity index (χ1n) is 6.95. The first-order chi connectivity index (χ1) is 8.78. The molecule has 1 aromatic rings. The third-order valence-electron chi connectivity index (χ3n) is 3.69. The molecule has 19 heavy (non-hydrogen) atoms. The van der Waals surface area contributed by atoms with Gasteiger partial charge >= 0.3 is 0 Å². The number of rotatable bonds is 5. The zero-order valence-corrected chi connectivity index (χ0v) is 13.1. The molecule has 1 saturated heterocycles. The zero-order chi connectivity index (χ0) is 12.8. The molecule has 0 radical (unpaired) electrons. The molecule has 0 aliphatic carbocycles. The van der Waals surface area contributed by atoms with Crippen molar-refractivity contribution in [3.63, 3.8) is 0 Å². The Morgan fingerprint density at radius 1 is 1.32 bits per heavy atom. The van der Waals surface area contributed by atoms with E-state index in [9.17, 15) is 0 Å². The van der Waals surface area contributed by atoms with Crippen LogP contribution in [0.5, 0.6) is 0 Å². The summed E-state index contributed by atoms with van der Waals surface area (Å²) in [5, 5.41) is 4.30. The highest BCUT2D eigenvalue weighted by Gasteiger charge is 2.18. The van der Waals surface area contributed by atoms with E-state index in [1.807, 2.05) is 12.1 Å². The number of nitrogens with one attached hydrogen (secondary N) is 1. The van der Waals surface area contributed by atoms with E-state index in [1.165, 1.54) is 38.0 Å². The van der Waals surface area contributed by atoms with Crippen molar-refractivity contribution in [2.24, 2.45) is 5.92 Å². The highest BCUT2D eigenvalue weighted by molar-refractivity contribution is 6.30. The van der Waals surface area contributed by atoms with Crippen LogP contribution >= 0.6 is 24.0 Å². The largest absolute Gasteiger partial charge is 0.317 e. The predicted molar refractivity (Wildman–Crippen MR) is 85.2 cm³/mol. The number of likely N-dealkylation sites (tertiary alicyclic amines) is 1. The maximum absolute atomic E-state index is 6.02. The summed E-state index contributed by atoms with van der Waals surface area (Å²) in [7, 11) is 0. The minimum absolute atomic E-state index is 0. The lowest BCUT2D eigenvalue weighted by molar-refractivity contribution is 0.176. The van der Waals surface area contributed by atoms with Gasteiger partial charge in [0.25, 0.3) is 0 Å². The van der Waals surface area contributed by atoms with E-state index >= 15 is 0 Å². The van der Waals surface area contributed by atoms with Gasteiger partial charge in [-0.05, 0) is 62.6 Å². The van der Waals surface area contributed by atoms with Crippen molar-refractivity contribution >= 4 is 24.0 Å². The monoisotopic (exact) mass is 302 g/mol. The molecule has 2 nitrogen and oxygen atoms in total. The van der Waals surface area contributed by atoms with Gasteiger partial charge in [-0.15, -0.1) is 12.4 Å². The highest BCUT2D eigenvalue weighted by atomic mass is 35.5. The smallest absolute Gasteiger partial charge is 0.0409 e. The molecule has 1 aliphatic rings. The average molecular weight is 303 g/mol. The molecule has 1 fully saturated rings. The Kier molecular flexibility index (Phi) is 7.77. The molecule has 0 aromatic heterocycles. The summed E-state index contributed by atoms with van der Waals surface area (Å²) in [5.41, 5.74) is 1.33. The molecular formula is C15H24Cl2N2. The number of nitrogens with zero attached hydrogens (tertiary/aromatic N) is 1. The zero-order valence-electron chi connectivity index (χ0n) is 11.6. The van der Waals surface area contributed by atoms with Gasteiger partial charge in [-0.2, -0.15) is 0 Å². The molecule has 1 N–H and O–H groups in total. The van der Waals surface area contributed by atoms with Crippen LogP contribution in [0, 0.1) is 5.92 Å². The predicted octanol–water partition coefficient (Wildman–Crippen LogP) is 3.58. The van der Waals surface area contributed by atoms with Gasteiger partial charge in [-0.1, -0.05) is 30.7 Å². The van der Waals surface area contributed by atoms with Crippen LogP contribution in [0.3, 0.4) is 0 Å². The summed E-state index contributed by atoms with van der Waals surface area (Å²) in [5.74, 6) is 0.862. The lowest BCUT2D eigenvalue weighted by atomic mass is 9.96. The van der Waals surface area contributed by atoms with E-state index in [4.69, 9.17) is 11.6 Å². The van der Waals surface area contributed by atoms with Crippen LogP contribution in [0.2, 0.25) is 5.02 Å². The summed E-state index contributed by atoms with van der Waals surface area (Å²) in [6.45, 7) is 7.90. The normalized spacial score (nSPS) is 17.2. The second kappa shape index (κ2) is 8.80. The molecule has 1 aromatic carbocycles. The van der Waals surface area contributed by atoms with E-state index in [1.54, 1.807) is 0 Å². The van der Waals surface area contributed by atoms with Gasteiger partial charge in [0, 0.05) is 11.6 Å². The van der Waals surface area contributed by atoms with Crippen LogP contribution in [-0.2, 0) is 6.54 Å². The van der Waals surface area contributed by atoms with Crippen molar-refractivity contribution in [3.8, 4) is 0 Å². The topological polar surface area (TPSA) is 15.3 Å². The Balaban J connectivity index is 0.00000180. The van der Waals surface area contributed by atoms with Gasteiger partial charge in [0.1, 0.15) is 0 Å². The van der Waals surface area contributed by atoms with E-state index in [0.29, 0.717) is 0 Å². The summed E-state index contributed by atoms with van der Waals surface area (Å²) >= 11 is 6.02. The van der Waals surface area contributed by atoms with Crippen molar-refractivity contribution in [3.05, 3.63) is 34.9 Å². The van der Waals surface area contributed by atoms with Crippen LogP contribution in [0.15, 0.2) is 24.3 Å². The molecule has 1 aliphatic heterocycles. The first kappa shape index (κ1) is 16.8. The van der Waals surface area contributed by atoms with E-state index in [-0.39, 0.29) is 12.4 Å². The second-order valence-electron chi connectivity index (χ2n) is 5.16. The van der Waals surface area contributed by atoms with Gasteiger partial charge in [0.2, 0.25) is 0 Å². The first-order valence-corrected chi connectivity index (χ1v) is 7.33. The molecule has 108 valence electrons. The summed E-state index contributed by atoms with van der Waals surface area (Å²) in [4.78, 5) is 2.54. The van der Waals surface area contributed by atoms with Crippen LogP contribution in [0.25, 0.3) is 0 Å². The molecule has 0 bridgehead atoms. The standard InChI is InChI=1S/C15H23ClN2.ClH/c1-2-17-11-13-6-8-18(9-7-13)12-14-4-3-5-15(16)10-14;/h3-5,10,13,17H,2,6-9,11-12H2,1H3;1H. The van der Waals surface area contributed by atoms with Gasteiger partial charge in [0.15, 0.2) is 0 Å². The van der Waals surface area contributed by atoms with E-state index in [0.717, 1.165) is 24.0 Å². The van der Waals surface area contributed by atoms with Gasteiger partial charge in [-0.3, -0.25) is 4.90 Å². The molecule has 0 atom stereocenters. The van der Waals surface area contributed by atoms with Crippen molar-refractivity contribution in [2.45, 2.75) is 26.3 Å². The lowest BCUT2D eigenvalue weighted by Crippen LogP contribution is -2.36. The summed E-state index contributed by atoms with van der Waals surface area (Å²) in [6.07, 6.45) is 2.63. The minimum atomic E-state index is 0. The van der Waals surface area contributed by atoms with Crippen LogP contribution in [0.1, 0.15) is 25.3 Å². The fourth-order valence-corrected chi connectivity index (χ4v) is 2.80. The maximum atomic E-state index is 6.02. The Morgan fingerprint density at radius 2 is 2.05 bits per heavy atom. The minimum Gasteiger partial charge on any atom is -0.317 e. The van der Waals surface area contributed by atoms with Gasteiger partial charge in [0.05, 0.1) is 0 Å². The third-order valence-corrected chi connectivity index (χ3v) is 3.92. The van der Waals surface area contributed by atoms with Gasteiger partial charge in [-0.25, -0.2) is 0 Å². The average Bonchev–Trinajstić information content (AvgIpc) is 2.38. The molecule has 0 saturated carbocycles. The van der Waals surface area contributed by atoms with Crippen LogP contribution in [0.4, 0.5) is 0 Å². The van der Waals surface area contributed by atoms with E-state index in [2.05, 4.69) is 29.3 Å². The Morgan fingerprint density at radius 3 is 2.68 bits per heavy atom. The molecule has 0 unspecified atom stereocenters. The Labute approximate surface area is 127 Å². The molecule has 0 spiro atoms. The number of hydrogen-bond acceptors (Lipinski definition) is 2. The Bertz CT molecular complexity index is 363. The van der Waals surface area contributed by atoms with Crippen molar-refractivity contribution in [2.75, 3.05) is 26.2 Å². The highest BCUT2D eigenvalue weighted by Crippen LogP contribution is 2.19. The van der Waals surface area contributed by atoms with Crippen molar-refractivity contribution in [1.29, 1.82) is 0 Å². The fraction of sp³-hybridized carbons (Fsp3) is 0.600. The van der Waals surface area contributed by atoms with E-state index < -0.39 is 0 Å². The molecule has 4 heteroatoms. The maximum Gasteiger partial charge on any atom is 0.0409 e. The molecular weight excluding hydrogens is 279 g/mol.